The number of hydrogen-bond acceptors (Lipinski definition) is 2. The lowest BCUT2D eigenvalue weighted by Gasteiger charge is -2.23. The second-order valence-electron chi connectivity index (χ2n) is 6.31. The average Bonchev–Trinajstić information content (AvgIpc) is 2.53. The van der Waals surface area contributed by atoms with Crippen LogP contribution in [0.4, 0.5) is 11.4 Å². The first-order chi connectivity index (χ1) is 11.2. The van der Waals surface area contributed by atoms with Crippen molar-refractivity contribution in [3.05, 3.63) is 58.6 Å². The van der Waals surface area contributed by atoms with E-state index in [1.165, 1.54) is 0 Å². The summed E-state index contributed by atoms with van der Waals surface area (Å²) in [6.07, 6.45) is 0. The van der Waals surface area contributed by atoms with Crippen LogP contribution in [0.3, 0.4) is 0 Å². The van der Waals surface area contributed by atoms with Crippen molar-refractivity contribution in [2.75, 3.05) is 10.6 Å². The van der Waals surface area contributed by atoms with Crippen molar-refractivity contribution in [1.29, 1.82) is 0 Å². The van der Waals surface area contributed by atoms with Crippen molar-refractivity contribution in [3.63, 3.8) is 0 Å². The molecule has 0 spiro atoms. The number of hydrogen-bond donors (Lipinski definition) is 2. The summed E-state index contributed by atoms with van der Waals surface area (Å²) in [5, 5.41) is 6.12. The number of anilines is 2. The number of carbonyl (C=O) groups excluding carboxylic acids is 2. The SMILES string of the molecule is Cc1ccc(NC(=O)C(C)(C)C(=O)Nc2ccccc2C)cc1Cl. The van der Waals surface area contributed by atoms with Crippen LogP contribution in [0.15, 0.2) is 42.5 Å². The molecular weight excluding hydrogens is 324 g/mol. The minimum atomic E-state index is -1.24. The number of amides is 2. The third-order valence-electron chi connectivity index (χ3n) is 3.96. The molecule has 0 saturated heterocycles. The molecule has 0 aliphatic carbocycles. The molecule has 2 aromatic rings. The number of rotatable bonds is 4. The van der Waals surface area contributed by atoms with Gasteiger partial charge < -0.3 is 10.6 Å². The molecule has 0 aromatic heterocycles. The van der Waals surface area contributed by atoms with E-state index in [9.17, 15) is 9.59 Å². The van der Waals surface area contributed by atoms with E-state index in [0.717, 1.165) is 11.1 Å². The van der Waals surface area contributed by atoms with E-state index in [0.29, 0.717) is 16.4 Å². The molecule has 2 amide bonds. The van der Waals surface area contributed by atoms with Crippen molar-refractivity contribution in [1.82, 2.24) is 0 Å². The van der Waals surface area contributed by atoms with Crippen LogP contribution in [0.5, 0.6) is 0 Å². The molecule has 24 heavy (non-hydrogen) atoms. The van der Waals surface area contributed by atoms with Gasteiger partial charge in [-0.2, -0.15) is 0 Å². The lowest BCUT2D eigenvalue weighted by Crippen LogP contribution is -2.41. The molecule has 0 fully saturated rings. The first kappa shape index (κ1) is 18.0. The van der Waals surface area contributed by atoms with Gasteiger partial charge in [0.1, 0.15) is 5.41 Å². The molecule has 0 radical (unpaired) electrons. The number of halogens is 1. The van der Waals surface area contributed by atoms with Gasteiger partial charge in [-0.05, 0) is 57.0 Å². The van der Waals surface area contributed by atoms with E-state index < -0.39 is 11.3 Å². The summed E-state index contributed by atoms with van der Waals surface area (Å²) in [5.41, 5.74) is 1.88. The van der Waals surface area contributed by atoms with Crippen LogP contribution in [0.2, 0.25) is 5.02 Å². The molecule has 2 N–H and O–H groups in total. The maximum Gasteiger partial charge on any atom is 0.239 e. The zero-order valence-corrected chi connectivity index (χ0v) is 15.0. The number of aryl methyl sites for hydroxylation is 2. The molecule has 5 heteroatoms. The van der Waals surface area contributed by atoms with Gasteiger partial charge in [-0.25, -0.2) is 0 Å². The van der Waals surface area contributed by atoms with E-state index in [1.807, 2.05) is 38.1 Å². The summed E-state index contributed by atoms with van der Waals surface area (Å²) in [4.78, 5) is 25.1. The Morgan fingerprint density at radius 1 is 0.917 bits per heavy atom. The van der Waals surface area contributed by atoms with Crippen LogP contribution >= 0.6 is 11.6 Å². The van der Waals surface area contributed by atoms with Gasteiger partial charge in [0.25, 0.3) is 0 Å². The van der Waals surface area contributed by atoms with E-state index in [4.69, 9.17) is 11.6 Å². The standard InChI is InChI=1S/C19H21ClN2O2/c1-12-9-10-14(11-15(12)20)21-17(23)19(3,4)18(24)22-16-8-6-5-7-13(16)2/h5-11H,1-4H3,(H,21,23)(H,22,24). The van der Waals surface area contributed by atoms with Crippen molar-refractivity contribution in [3.8, 4) is 0 Å². The average molecular weight is 345 g/mol. The second kappa shape index (κ2) is 7.05. The molecule has 0 unspecified atom stereocenters. The molecule has 2 rings (SSSR count). The molecule has 0 saturated carbocycles. The maximum atomic E-state index is 12.5. The zero-order valence-electron chi connectivity index (χ0n) is 14.2. The van der Waals surface area contributed by atoms with Crippen LogP contribution in [0, 0.1) is 19.3 Å². The molecule has 0 bridgehead atoms. The van der Waals surface area contributed by atoms with E-state index in [-0.39, 0.29) is 5.91 Å². The molecule has 0 heterocycles. The number of nitrogens with one attached hydrogen (secondary N) is 2. The van der Waals surface area contributed by atoms with Gasteiger partial charge in [-0.3, -0.25) is 9.59 Å². The van der Waals surface area contributed by atoms with Gasteiger partial charge in [0, 0.05) is 16.4 Å². The normalized spacial score (nSPS) is 11.0. The predicted molar refractivity (Wildman–Crippen MR) is 98.4 cm³/mol. The van der Waals surface area contributed by atoms with Crippen LogP contribution in [-0.2, 0) is 9.59 Å². The molecule has 0 aliphatic rings. The third-order valence-corrected chi connectivity index (χ3v) is 4.37. The molecule has 0 atom stereocenters. The van der Waals surface area contributed by atoms with Crippen molar-refractivity contribution >= 4 is 34.8 Å². The highest BCUT2D eigenvalue weighted by Crippen LogP contribution is 2.25. The summed E-state index contributed by atoms with van der Waals surface area (Å²) in [6, 6.07) is 12.7. The predicted octanol–water partition coefficient (Wildman–Crippen LogP) is 4.56. The van der Waals surface area contributed by atoms with Crippen molar-refractivity contribution < 1.29 is 9.59 Å². The van der Waals surface area contributed by atoms with Gasteiger partial charge in [-0.15, -0.1) is 0 Å². The number of para-hydroxylation sites is 1. The summed E-state index contributed by atoms with van der Waals surface area (Å²) in [6.45, 7) is 6.96. The quantitative estimate of drug-likeness (QED) is 0.799. The Balaban J connectivity index is 2.13. The highest BCUT2D eigenvalue weighted by molar-refractivity contribution is 6.31. The summed E-state index contributed by atoms with van der Waals surface area (Å²) in [7, 11) is 0. The van der Waals surface area contributed by atoms with Crippen LogP contribution in [-0.4, -0.2) is 11.8 Å². The zero-order chi connectivity index (χ0) is 17.9. The first-order valence-electron chi connectivity index (χ1n) is 7.66. The van der Waals surface area contributed by atoms with Crippen LogP contribution < -0.4 is 10.6 Å². The number of carbonyl (C=O) groups is 2. The Morgan fingerprint density at radius 3 is 2.17 bits per heavy atom. The number of benzene rings is 2. The Morgan fingerprint density at radius 2 is 1.54 bits per heavy atom. The van der Waals surface area contributed by atoms with E-state index in [2.05, 4.69) is 10.6 Å². The van der Waals surface area contributed by atoms with Gasteiger partial charge >= 0.3 is 0 Å². The molecule has 4 nitrogen and oxygen atoms in total. The Hall–Kier alpha value is -2.33. The third kappa shape index (κ3) is 3.95. The van der Waals surface area contributed by atoms with Gasteiger partial charge in [-0.1, -0.05) is 35.9 Å². The Bertz CT molecular complexity index is 785. The monoisotopic (exact) mass is 344 g/mol. The van der Waals surface area contributed by atoms with Crippen LogP contribution in [0.25, 0.3) is 0 Å². The van der Waals surface area contributed by atoms with Crippen molar-refractivity contribution in [2.45, 2.75) is 27.7 Å². The van der Waals surface area contributed by atoms with Crippen LogP contribution in [0.1, 0.15) is 25.0 Å². The highest BCUT2D eigenvalue weighted by Gasteiger charge is 2.36. The lowest BCUT2D eigenvalue weighted by atomic mass is 9.90. The highest BCUT2D eigenvalue weighted by atomic mass is 35.5. The summed E-state index contributed by atoms with van der Waals surface area (Å²) < 4.78 is 0. The minimum Gasteiger partial charge on any atom is -0.325 e. The summed E-state index contributed by atoms with van der Waals surface area (Å²) >= 11 is 6.07. The maximum absolute atomic E-state index is 12.5. The van der Waals surface area contributed by atoms with Gasteiger partial charge in [0.05, 0.1) is 0 Å². The fourth-order valence-corrected chi connectivity index (χ4v) is 2.23. The van der Waals surface area contributed by atoms with E-state index in [1.54, 1.807) is 32.0 Å². The molecule has 0 aliphatic heterocycles. The fraction of sp³-hybridized carbons (Fsp3) is 0.263. The first-order valence-corrected chi connectivity index (χ1v) is 8.04. The topological polar surface area (TPSA) is 58.2 Å². The molecule has 126 valence electrons. The smallest absolute Gasteiger partial charge is 0.239 e. The fourth-order valence-electron chi connectivity index (χ4n) is 2.05. The molecule has 2 aromatic carbocycles. The summed E-state index contributed by atoms with van der Waals surface area (Å²) in [5.74, 6) is -0.763. The minimum absolute atomic E-state index is 0.368. The van der Waals surface area contributed by atoms with Crippen molar-refractivity contribution in [2.24, 2.45) is 5.41 Å². The molecular formula is C19H21ClN2O2. The Kier molecular flexibility index (Phi) is 5.30. The Labute approximate surface area is 147 Å². The lowest BCUT2D eigenvalue weighted by molar-refractivity contribution is -0.135. The van der Waals surface area contributed by atoms with Gasteiger partial charge in [0.2, 0.25) is 11.8 Å². The largest absolute Gasteiger partial charge is 0.325 e. The van der Waals surface area contributed by atoms with Gasteiger partial charge in [0.15, 0.2) is 0 Å². The second-order valence-corrected chi connectivity index (χ2v) is 6.72. The van der Waals surface area contributed by atoms with E-state index >= 15 is 0 Å².